The number of H-pyrrole nitrogens is 1. The summed E-state index contributed by atoms with van der Waals surface area (Å²) in [4.78, 5) is 21.7. The van der Waals surface area contributed by atoms with Gasteiger partial charge < -0.3 is 4.98 Å². The molecule has 2 aromatic heterocycles. The number of aryl methyl sites for hydroxylation is 2. The quantitative estimate of drug-likeness (QED) is 0.868. The largest absolute Gasteiger partial charge is 0.310 e. The van der Waals surface area contributed by atoms with Gasteiger partial charge in [0.1, 0.15) is 10.7 Å². The summed E-state index contributed by atoms with van der Waals surface area (Å²) in [7, 11) is 0. The predicted octanol–water partition coefficient (Wildman–Crippen LogP) is 2.73. The van der Waals surface area contributed by atoms with E-state index >= 15 is 0 Å². The SMILES string of the molecule is CCc1c(C)sc2nc(C3CC3)[nH]c(=O)c12. The van der Waals surface area contributed by atoms with Gasteiger partial charge >= 0.3 is 0 Å². The molecule has 84 valence electrons. The van der Waals surface area contributed by atoms with Crippen molar-refractivity contribution in [3.05, 3.63) is 26.6 Å². The van der Waals surface area contributed by atoms with Crippen LogP contribution in [0.15, 0.2) is 4.79 Å². The van der Waals surface area contributed by atoms with E-state index in [9.17, 15) is 4.79 Å². The minimum Gasteiger partial charge on any atom is -0.310 e. The average Bonchev–Trinajstić information content (AvgIpc) is 3.02. The maximum atomic E-state index is 12.0. The van der Waals surface area contributed by atoms with Gasteiger partial charge in [-0.25, -0.2) is 4.98 Å². The van der Waals surface area contributed by atoms with Crippen LogP contribution in [-0.4, -0.2) is 9.97 Å². The standard InChI is InChI=1S/C12H14N2OS/c1-3-8-6(2)16-12-9(8)11(15)13-10(14-12)7-4-5-7/h7H,3-5H2,1-2H3,(H,13,14,15). The minimum atomic E-state index is 0.0492. The van der Waals surface area contributed by atoms with E-state index in [1.54, 1.807) is 11.3 Å². The van der Waals surface area contributed by atoms with E-state index in [4.69, 9.17) is 0 Å². The zero-order valence-electron chi connectivity index (χ0n) is 9.46. The second-order valence-corrected chi connectivity index (χ2v) is 5.60. The second kappa shape index (κ2) is 3.42. The highest BCUT2D eigenvalue weighted by atomic mass is 32.1. The molecule has 0 aliphatic heterocycles. The summed E-state index contributed by atoms with van der Waals surface area (Å²) in [6.45, 7) is 4.16. The van der Waals surface area contributed by atoms with Crippen LogP contribution >= 0.6 is 11.3 Å². The lowest BCUT2D eigenvalue weighted by atomic mass is 10.1. The molecule has 0 aromatic carbocycles. The van der Waals surface area contributed by atoms with Crippen LogP contribution in [0.4, 0.5) is 0 Å². The Morgan fingerprint density at radius 3 is 2.88 bits per heavy atom. The molecular weight excluding hydrogens is 220 g/mol. The Morgan fingerprint density at radius 2 is 2.25 bits per heavy atom. The third-order valence-corrected chi connectivity index (χ3v) is 4.24. The van der Waals surface area contributed by atoms with Gasteiger partial charge in [-0.05, 0) is 31.7 Å². The van der Waals surface area contributed by atoms with Gasteiger partial charge in [0, 0.05) is 10.8 Å². The molecule has 0 unspecified atom stereocenters. The number of rotatable bonds is 2. The Balaban J connectivity index is 2.32. The fourth-order valence-electron chi connectivity index (χ4n) is 2.17. The molecule has 0 radical (unpaired) electrons. The van der Waals surface area contributed by atoms with Crippen LogP contribution in [0.1, 0.15) is 41.9 Å². The van der Waals surface area contributed by atoms with E-state index in [2.05, 4.69) is 23.8 Å². The molecule has 16 heavy (non-hydrogen) atoms. The third kappa shape index (κ3) is 1.40. The molecule has 4 heteroatoms. The van der Waals surface area contributed by atoms with Gasteiger partial charge in [0.15, 0.2) is 0 Å². The monoisotopic (exact) mass is 234 g/mol. The highest BCUT2D eigenvalue weighted by Crippen LogP contribution is 2.38. The highest BCUT2D eigenvalue weighted by molar-refractivity contribution is 7.18. The molecule has 3 nitrogen and oxygen atoms in total. The van der Waals surface area contributed by atoms with Crippen LogP contribution in [0.5, 0.6) is 0 Å². The predicted molar refractivity (Wildman–Crippen MR) is 66.3 cm³/mol. The zero-order chi connectivity index (χ0) is 11.3. The smallest absolute Gasteiger partial charge is 0.259 e. The molecule has 1 saturated carbocycles. The van der Waals surface area contributed by atoms with Crippen LogP contribution < -0.4 is 5.56 Å². The number of thiophene rings is 1. The summed E-state index contributed by atoms with van der Waals surface area (Å²) in [6.07, 6.45) is 3.23. The van der Waals surface area contributed by atoms with Crippen molar-refractivity contribution in [2.45, 2.75) is 39.0 Å². The van der Waals surface area contributed by atoms with Gasteiger partial charge in [-0.3, -0.25) is 4.79 Å². The molecule has 0 amide bonds. The molecule has 2 aromatic rings. The van der Waals surface area contributed by atoms with E-state index in [1.165, 1.54) is 17.7 Å². The number of hydrogen-bond donors (Lipinski definition) is 1. The van der Waals surface area contributed by atoms with E-state index < -0.39 is 0 Å². The summed E-state index contributed by atoms with van der Waals surface area (Å²) >= 11 is 1.65. The van der Waals surface area contributed by atoms with Crippen molar-refractivity contribution in [1.29, 1.82) is 0 Å². The first-order chi connectivity index (χ1) is 7.70. The van der Waals surface area contributed by atoms with Gasteiger partial charge in [-0.2, -0.15) is 0 Å². The van der Waals surface area contributed by atoms with Gasteiger partial charge in [0.25, 0.3) is 5.56 Å². The number of aromatic nitrogens is 2. The Morgan fingerprint density at radius 1 is 1.50 bits per heavy atom. The minimum absolute atomic E-state index is 0.0492. The van der Waals surface area contributed by atoms with Crippen molar-refractivity contribution in [2.24, 2.45) is 0 Å². The number of nitrogens with zero attached hydrogens (tertiary/aromatic N) is 1. The first-order valence-corrected chi connectivity index (χ1v) is 6.54. The molecule has 0 atom stereocenters. The van der Waals surface area contributed by atoms with Crippen molar-refractivity contribution < 1.29 is 0 Å². The maximum Gasteiger partial charge on any atom is 0.259 e. The van der Waals surface area contributed by atoms with Gasteiger partial charge in [-0.1, -0.05) is 6.92 Å². The van der Waals surface area contributed by atoms with E-state index in [-0.39, 0.29) is 5.56 Å². The van der Waals surface area contributed by atoms with Crippen molar-refractivity contribution in [1.82, 2.24) is 9.97 Å². The number of fused-ring (bicyclic) bond motifs is 1. The fourth-order valence-corrected chi connectivity index (χ4v) is 3.29. The zero-order valence-corrected chi connectivity index (χ0v) is 10.3. The molecule has 0 bridgehead atoms. The van der Waals surface area contributed by atoms with E-state index in [0.29, 0.717) is 5.92 Å². The maximum absolute atomic E-state index is 12.0. The normalized spacial score (nSPS) is 15.9. The van der Waals surface area contributed by atoms with Gasteiger partial charge in [0.05, 0.1) is 5.39 Å². The number of hydrogen-bond acceptors (Lipinski definition) is 3. The Labute approximate surface area is 97.5 Å². The first-order valence-electron chi connectivity index (χ1n) is 5.73. The van der Waals surface area contributed by atoms with E-state index in [0.717, 1.165) is 28.0 Å². The Bertz CT molecular complexity index is 607. The molecule has 3 rings (SSSR count). The van der Waals surface area contributed by atoms with Crippen LogP contribution in [-0.2, 0) is 6.42 Å². The summed E-state index contributed by atoms with van der Waals surface area (Å²) in [5.74, 6) is 1.39. The van der Waals surface area contributed by atoms with Crippen molar-refractivity contribution >= 4 is 21.6 Å². The van der Waals surface area contributed by atoms with E-state index in [1.807, 2.05) is 0 Å². The van der Waals surface area contributed by atoms with Crippen LogP contribution in [0.25, 0.3) is 10.2 Å². The first kappa shape index (κ1) is 10.0. The lowest BCUT2D eigenvalue weighted by molar-refractivity contribution is 0.933. The topological polar surface area (TPSA) is 45.8 Å². The summed E-state index contributed by atoms with van der Waals surface area (Å²) < 4.78 is 0. The van der Waals surface area contributed by atoms with Crippen LogP contribution in [0, 0.1) is 6.92 Å². The molecule has 0 saturated heterocycles. The van der Waals surface area contributed by atoms with Gasteiger partial charge in [-0.15, -0.1) is 11.3 Å². The van der Waals surface area contributed by atoms with Crippen molar-refractivity contribution in [3.8, 4) is 0 Å². The van der Waals surface area contributed by atoms with Crippen LogP contribution in [0.3, 0.4) is 0 Å². The summed E-state index contributed by atoms with van der Waals surface area (Å²) in [6, 6.07) is 0. The molecule has 1 aliphatic rings. The van der Waals surface area contributed by atoms with Crippen molar-refractivity contribution in [3.63, 3.8) is 0 Å². The summed E-state index contributed by atoms with van der Waals surface area (Å²) in [5.41, 5.74) is 1.21. The lowest BCUT2D eigenvalue weighted by Crippen LogP contribution is -2.11. The third-order valence-electron chi connectivity index (χ3n) is 3.20. The molecular formula is C12H14N2OS. The Kier molecular flexibility index (Phi) is 2.14. The molecule has 2 heterocycles. The molecule has 1 fully saturated rings. The lowest BCUT2D eigenvalue weighted by Gasteiger charge is -1.98. The highest BCUT2D eigenvalue weighted by Gasteiger charge is 2.27. The van der Waals surface area contributed by atoms with Crippen molar-refractivity contribution in [2.75, 3.05) is 0 Å². The number of nitrogens with one attached hydrogen (secondary N) is 1. The average molecular weight is 234 g/mol. The number of aromatic amines is 1. The fraction of sp³-hybridized carbons (Fsp3) is 0.500. The molecule has 1 aliphatic carbocycles. The Hall–Kier alpha value is -1.16. The molecule has 0 spiro atoms. The van der Waals surface area contributed by atoms with Gasteiger partial charge in [0.2, 0.25) is 0 Å². The molecule has 1 N–H and O–H groups in total. The second-order valence-electron chi connectivity index (χ2n) is 4.40. The van der Waals surface area contributed by atoms with Crippen LogP contribution in [0.2, 0.25) is 0 Å². The summed E-state index contributed by atoms with van der Waals surface area (Å²) in [5, 5.41) is 0.814.